The molecule has 0 aliphatic rings. The summed E-state index contributed by atoms with van der Waals surface area (Å²) in [5.74, 6) is 2.32. The van der Waals surface area contributed by atoms with Crippen molar-refractivity contribution in [2.75, 3.05) is 27.3 Å². The lowest BCUT2D eigenvalue weighted by molar-refractivity contribution is 0.0737. The van der Waals surface area contributed by atoms with Gasteiger partial charge in [0.15, 0.2) is 11.5 Å². The molecule has 0 radical (unpaired) electrons. The molecule has 0 saturated carbocycles. The minimum Gasteiger partial charge on any atom is -0.493 e. The van der Waals surface area contributed by atoms with Crippen LogP contribution in [0.25, 0.3) is 0 Å². The fourth-order valence-corrected chi connectivity index (χ4v) is 2.80. The summed E-state index contributed by atoms with van der Waals surface area (Å²) >= 11 is 0. The van der Waals surface area contributed by atoms with Crippen molar-refractivity contribution in [2.45, 2.75) is 26.8 Å². The molecule has 1 aromatic heterocycles. The molecule has 1 heterocycles. The predicted molar refractivity (Wildman–Crippen MR) is 108 cm³/mol. The van der Waals surface area contributed by atoms with Crippen molar-refractivity contribution < 1.29 is 18.7 Å². The molecule has 0 spiro atoms. The Bertz CT molecular complexity index is 731. The summed E-state index contributed by atoms with van der Waals surface area (Å²) in [5.41, 5.74) is 7.19. The van der Waals surface area contributed by atoms with Crippen LogP contribution in [-0.4, -0.2) is 38.1 Å². The molecule has 0 atom stereocenters. The summed E-state index contributed by atoms with van der Waals surface area (Å²) in [6, 6.07) is 7.53. The van der Waals surface area contributed by atoms with E-state index in [1.165, 1.54) is 6.26 Å². The zero-order chi connectivity index (χ0) is 19.1. The normalized spacial score (nSPS) is 10.4. The van der Waals surface area contributed by atoms with E-state index < -0.39 is 0 Å². The van der Waals surface area contributed by atoms with Crippen LogP contribution in [0.4, 0.5) is 0 Å². The van der Waals surface area contributed by atoms with Gasteiger partial charge in [0.05, 0.1) is 26.3 Å². The van der Waals surface area contributed by atoms with Gasteiger partial charge in [-0.15, -0.1) is 12.4 Å². The molecule has 2 aromatic rings. The number of amides is 1. The van der Waals surface area contributed by atoms with Gasteiger partial charge in [-0.25, -0.2) is 0 Å². The van der Waals surface area contributed by atoms with Crippen molar-refractivity contribution in [2.24, 2.45) is 11.7 Å². The van der Waals surface area contributed by atoms with Crippen LogP contribution in [0.5, 0.6) is 11.5 Å². The van der Waals surface area contributed by atoms with Crippen molar-refractivity contribution in [3.8, 4) is 11.5 Å². The van der Waals surface area contributed by atoms with Gasteiger partial charge in [-0.2, -0.15) is 0 Å². The van der Waals surface area contributed by atoms with E-state index in [2.05, 4.69) is 13.8 Å². The smallest absolute Gasteiger partial charge is 0.257 e. The Kier molecular flexibility index (Phi) is 9.18. The van der Waals surface area contributed by atoms with Gasteiger partial charge in [-0.3, -0.25) is 4.79 Å². The number of halogens is 1. The number of rotatable bonds is 9. The third-order valence-electron chi connectivity index (χ3n) is 4.09. The number of furan rings is 1. The first kappa shape index (κ1) is 22.9. The van der Waals surface area contributed by atoms with Crippen molar-refractivity contribution >= 4 is 18.3 Å². The third kappa shape index (κ3) is 6.19. The molecule has 1 aromatic carbocycles. The van der Waals surface area contributed by atoms with Crippen molar-refractivity contribution in [1.82, 2.24) is 4.90 Å². The Labute approximate surface area is 167 Å². The lowest BCUT2D eigenvalue weighted by atomic mass is 10.1. The van der Waals surface area contributed by atoms with Gasteiger partial charge in [-0.05, 0) is 36.1 Å². The average molecular weight is 397 g/mol. The molecular formula is C20H29ClN2O4. The molecule has 27 heavy (non-hydrogen) atoms. The lowest BCUT2D eigenvalue weighted by Gasteiger charge is -2.24. The van der Waals surface area contributed by atoms with Gasteiger partial charge in [0.2, 0.25) is 0 Å². The van der Waals surface area contributed by atoms with Crippen LogP contribution >= 0.6 is 12.4 Å². The van der Waals surface area contributed by atoms with E-state index in [4.69, 9.17) is 19.6 Å². The Morgan fingerprint density at radius 3 is 2.44 bits per heavy atom. The summed E-state index contributed by atoms with van der Waals surface area (Å²) in [4.78, 5) is 14.7. The second-order valence-corrected chi connectivity index (χ2v) is 6.59. The fourth-order valence-electron chi connectivity index (χ4n) is 2.80. The van der Waals surface area contributed by atoms with Gasteiger partial charge in [0.1, 0.15) is 12.0 Å². The topological polar surface area (TPSA) is 77.9 Å². The van der Waals surface area contributed by atoms with Gasteiger partial charge in [0, 0.05) is 13.1 Å². The van der Waals surface area contributed by atoms with Crippen molar-refractivity contribution in [1.29, 1.82) is 0 Å². The standard InChI is InChI=1S/C20H28N2O4.ClH/c1-14(2)12-22(20(23)16-10-17(11-21)26-13-16)8-7-15-5-6-18(24-3)19(9-15)25-4;/h5-6,9-10,13-14H,7-8,11-12,21H2,1-4H3;1H. The quantitative estimate of drug-likeness (QED) is 0.701. The number of nitrogens with two attached hydrogens (primary N) is 1. The van der Waals surface area contributed by atoms with Crippen LogP contribution in [0.1, 0.15) is 35.5 Å². The van der Waals surface area contributed by atoms with Gasteiger partial charge < -0.3 is 24.5 Å². The molecule has 0 aliphatic heterocycles. The number of nitrogens with zero attached hydrogens (tertiary/aromatic N) is 1. The molecule has 0 bridgehead atoms. The van der Waals surface area contributed by atoms with Crippen LogP contribution in [-0.2, 0) is 13.0 Å². The summed E-state index contributed by atoms with van der Waals surface area (Å²) in [6.07, 6.45) is 2.20. The van der Waals surface area contributed by atoms with Crippen LogP contribution in [0.15, 0.2) is 34.9 Å². The Balaban J connectivity index is 0.00000364. The zero-order valence-corrected chi connectivity index (χ0v) is 17.2. The zero-order valence-electron chi connectivity index (χ0n) is 16.4. The number of hydrogen-bond acceptors (Lipinski definition) is 5. The van der Waals surface area contributed by atoms with E-state index in [0.29, 0.717) is 41.8 Å². The molecule has 0 unspecified atom stereocenters. The molecule has 0 aliphatic carbocycles. The van der Waals surface area contributed by atoms with Crippen LogP contribution in [0, 0.1) is 5.92 Å². The maximum absolute atomic E-state index is 12.8. The predicted octanol–water partition coefficient (Wildman–Crippen LogP) is 3.52. The van der Waals surface area contributed by atoms with Crippen LogP contribution in [0.3, 0.4) is 0 Å². The van der Waals surface area contributed by atoms with Gasteiger partial charge in [0.25, 0.3) is 5.91 Å². The monoisotopic (exact) mass is 396 g/mol. The summed E-state index contributed by atoms with van der Waals surface area (Å²) in [7, 11) is 3.23. The number of ether oxygens (including phenoxy) is 2. The highest BCUT2D eigenvalue weighted by Crippen LogP contribution is 2.27. The van der Waals surface area contributed by atoms with Crippen LogP contribution < -0.4 is 15.2 Å². The molecule has 2 N–H and O–H groups in total. The van der Waals surface area contributed by atoms with E-state index in [0.717, 1.165) is 12.0 Å². The second kappa shape index (κ2) is 10.8. The van der Waals surface area contributed by atoms with E-state index in [-0.39, 0.29) is 24.9 Å². The number of carbonyl (C=O) groups is 1. The molecule has 150 valence electrons. The number of methoxy groups -OCH3 is 2. The van der Waals surface area contributed by atoms with Crippen molar-refractivity contribution in [3.05, 3.63) is 47.4 Å². The summed E-state index contributed by atoms with van der Waals surface area (Å²) in [5, 5.41) is 0. The highest BCUT2D eigenvalue weighted by atomic mass is 35.5. The van der Waals surface area contributed by atoms with E-state index >= 15 is 0 Å². The van der Waals surface area contributed by atoms with Crippen molar-refractivity contribution in [3.63, 3.8) is 0 Å². The molecule has 0 fully saturated rings. The minimum absolute atomic E-state index is 0. The minimum atomic E-state index is -0.0392. The Morgan fingerprint density at radius 1 is 1.19 bits per heavy atom. The lowest BCUT2D eigenvalue weighted by Crippen LogP contribution is -2.35. The maximum atomic E-state index is 12.8. The second-order valence-electron chi connectivity index (χ2n) is 6.59. The summed E-state index contributed by atoms with van der Waals surface area (Å²) in [6.45, 7) is 5.75. The first-order valence-corrected chi connectivity index (χ1v) is 8.76. The van der Waals surface area contributed by atoms with E-state index in [1.807, 2.05) is 23.1 Å². The maximum Gasteiger partial charge on any atom is 0.257 e. The number of benzene rings is 1. The molecule has 0 saturated heterocycles. The average Bonchev–Trinajstić information content (AvgIpc) is 3.13. The molecular weight excluding hydrogens is 368 g/mol. The third-order valence-corrected chi connectivity index (χ3v) is 4.09. The number of hydrogen-bond donors (Lipinski definition) is 1. The molecule has 6 nitrogen and oxygen atoms in total. The van der Waals surface area contributed by atoms with Gasteiger partial charge >= 0.3 is 0 Å². The Hall–Kier alpha value is -2.18. The molecule has 1 amide bonds. The number of carbonyl (C=O) groups excluding carboxylic acids is 1. The molecule has 7 heteroatoms. The van der Waals surface area contributed by atoms with E-state index in [1.54, 1.807) is 20.3 Å². The highest BCUT2D eigenvalue weighted by Gasteiger charge is 2.19. The highest BCUT2D eigenvalue weighted by molar-refractivity contribution is 5.94. The van der Waals surface area contributed by atoms with Gasteiger partial charge in [-0.1, -0.05) is 19.9 Å². The Morgan fingerprint density at radius 2 is 1.89 bits per heavy atom. The fraction of sp³-hybridized carbons (Fsp3) is 0.450. The van der Waals surface area contributed by atoms with Crippen LogP contribution in [0.2, 0.25) is 0 Å². The SMILES string of the molecule is COc1ccc(CCN(CC(C)C)C(=O)c2coc(CN)c2)cc1OC.Cl. The largest absolute Gasteiger partial charge is 0.493 e. The van der Waals surface area contributed by atoms with E-state index in [9.17, 15) is 4.79 Å². The first-order chi connectivity index (χ1) is 12.5. The first-order valence-electron chi connectivity index (χ1n) is 8.76. The molecule has 2 rings (SSSR count). The summed E-state index contributed by atoms with van der Waals surface area (Å²) < 4.78 is 15.9.